The molecule has 2 amide bonds. The molecule has 1 saturated carbocycles. The zero-order valence-electron chi connectivity index (χ0n) is 17.0. The Bertz CT molecular complexity index is 922. The van der Waals surface area contributed by atoms with E-state index in [1.807, 2.05) is 18.2 Å². The molecule has 6 heteroatoms. The van der Waals surface area contributed by atoms with Crippen molar-refractivity contribution >= 4 is 29.1 Å². The van der Waals surface area contributed by atoms with E-state index in [-0.39, 0.29) is 23.8 Å². The highest BCUT2D eigenvalue weighted by Crippen LogP contribution is 2.30. The van der Waals surface area contributed by atoms with Gasteiger partial charge in [0.05, 0.1) is 5.92 Å². The lowest BCUT2D eigenvalue weighted by atomic mass is 9.95. The van der Waals surface area contributed by atoms with Crippen molar-refractivity contribution in [2.75, 3.05) is 11.9 Å². The number of anilines is 1. The van der Waals surface area contributed by atoms with Crippen LogP contribution in [-0.4, -0.2) is 24.5 Å². The van der Waals surface area contributed by atoms with E-state index in [2.05, 4.69) is 10.6 Å². The van der Waals surface area contributed by atoms with E-state index in [0.29, 0.717) is 29.3 Å². The van der Waals surface area contributed by atoms with Gasteiger partial charge in [-0.15, -0.1) is 0 Å². The maximum Gasteiger partial charge on any atom is 0.255 e. The second kappa shape index (κ2) is 9.52. The summed E-state index contributed by atoms with van der Waals surface area (Å²) in [6, 6.07) is 12.7. The van der Waals surface area contributed by atoms with Crippen molar-refractivity contribution < 1.29 is 14.3 Å². The van der Waals surface area contributed by atoms with E-state index in [4.69, 9.17) is 16.3 Å². The van der Waals surface area contributed by atoms with Gasteiger partial charge in [0.1, 0.15) is 12.4 Å². The Labute approximate surface area is 182 Å². The van der Waals surface area contributed by atoms with Gasteiger partial charge in [-0.05, 0) is 61.2 Å². The number of nitrogens with one attached hydrogen (secondary N) is 2. The minimum absolute atomic E-state index is 0.0703. The number of rotatable bonds is 4. The molecule has 1 fully saturated rings. The van der Waals surface area contributed by atoms with Crippen LogP contribution in [0.4, 0.5) is 5.69 Å². The molecule has 2 aromatic rings. The molecule has 2 aliphatic rings. The summed E-state index contributed by atoms with van der Waals surface area (Å²) < 4.78 is 5.84. The summed E-state index contributed by atoms with van der Waals surface area (Å²) in [5.74, 6) is 0.409. The van der Waals surface area contributed by atoms with Crippen LogP contribution in [0.15, 0.2) is 42.5 Å². The third kappa shape index (κ3) is 5.14. The van der Waals surface area contributed by atoms with Crippen molar-refractivity contribution in [3.8, 4) is 5.75 Å². The molecule has 2 aromatic carbocycles. The van der Waals surface area contributed by atoms with E-state index in [1.165, 1.54) is 25.7 Å². The average molecular weight is 427 g/mol. The standard InChI is InChI=1S/C24H27ClN2O3/c25-19-7-5-6-16(13-19)23(28)27-21-10-11-22-17(14-21)12-18(15-30-22)24(29)26-20-8-3-1-2-4-9-20/h5-7,10-11,13-14,18,20H,1-4,8-9,12,15H2,(H,26,29)(H,27,28)/t18-/m0/s1. The van der Waals surface area contributed by atoms with Gasteiger partial charge in [-0.2, -0.15) is 0 Å². The number of halogens is 1. The molecule has 1 heterocycles. The fourth-order valence-electron chi connectivity index (χ4n) is 4.22. The van der Waals surface area contributed by atoms with Crippen LogP contribution in [0.2, 0.25) is 5.02 Å². The van der Waals surface area contributed by atoms with Gasteiger partial charge in [0.25, 0.3) is 5.91 Å². The van der Waals surface area contributed by atoms with E-state index in [9.17, 15) is 9.59 Å². The third-order valence-corrected chi connectivity index (χ3v) is 6.12. The number of carbonyl (C=O) groups is 2. The zero-order chi connectivity index (χ0) is 20.9. The third-order valence-electron chi connectivity index (χ3n) is 5.88. The summed E-state index contributed by atoms with van der Waals surface area (Å²) in [5, 5.41) is 6.65. The van der Waals surface area contributed by atoms with E-state index in [1.54, 1.807) is 24.3 Å². The Morgan fingerprint density at radius 1 is 1.00 bits per heavy atom. The van der Waals surface area contributed by atoms with Crippen LogP contribution in [0, 0.1) is 5.92 Å². The predicted molar refractivity (Wildman–Crippen MR) is 118 cm³/mol. The Morgan fingerprint density at radius 3 is 2.57 bits per heavy atom. The molecule has 0 radical (unpaired) electrons. The Morgan fingerprint density at radius 2 is 1.80 bits per heavy atom. The smallest absolute Gasteiger partial charge is 0.255 e. The zero-order valence-corrected chi connectivity index (χ0v) is 17.7. The molecule has 0 unspecified atom stereocenters. The largest absolute Gasteiger partial charge is 0.492 e. The van der Waals surface area contributed by atoms with Crippen molar-refractivity contribution in [3.05, 3.63) is 58.6 Å². The number of ether oxygens (including phenoxy) is 1. The normalized spacial score (nSPS) is 19.2. The fraction of sp³-hybridized carbons (Fsp3) is 0.417. The lowest BCUT2D eigenvalue weighted by Crippen LogP contribution is -2.42. The molecule has 0 saturated heterocycles. The molecule has 1 aliphatic carbocycles. The van der Waals surface area contributed by atoms with Gasteiger partial charge < -0.3 is 15.4 Å². The van der Waals surface area contributed by atoms with Crippen LogP contribution >= 0.6 is 11.6 Å². The first-order valence-corrected chi connectivity index (χ1v) is 11.1. The molecule has 158 valence electrons. The van der Waals surface area contributed by atoms with Crippen molar-refractivity contribution in [1.29, 1.82) is 0 Å². The Balaban J connectivity index is 1.40. The van der Waals surface area contributed by atoms with E-state index < -0.39 is 0 Å². The van der Waals surface area contributed by atoms with Gasteiger partial charge in [-0.3, -0.25) is 9.59 Å². The quantitative estimate of drug-likeness (QED) is 0.677. The molecule has 30 heavy (non-hydrogen) atoms. The molecule has 1 aliphatic heterocycles. The summed E-state index contributed by atoms with van der Waals surface area (Å²) in [5.41, 5.74) is 2.11. The number of amides is 2. The van der Waals surface area contributed by atoms with Crippen molar-refractivity contribution in [2.24, 2.45) is 5.92 Å². The molecule has 5 nitrogen and oxygen atoms in total. The Kier molecular flexibility index (Phi) is 6.58. The molecule has 0 bridgehead atoms. The maximum atomic E-state index is 12.8. The highest BCUT2D eigenvalue weighted by atomic mass is 35.5. The van der Waals surface area contributed by atoms with Gasteiger partial charge >= 0.3 is 0 Å². The van der Waals surface area contributed by atoms with Gasteiger partial charge in [0.15, 0.2) is 0 Å². The van der Waals surface area contributed by atoms with Gasteiger partial charge in [-0.1, -0.05) is 43.4 Å². The monoisotopic (exact) mass is 426 g/mol. The van der Waals surface area contributed by atoms with E-state index >= 15 is 0 Å². The number of hydrogen-bond donors (Lipinski definition) is 2. The van der Waals surface area contributed by atoms with Gasteiger partial charge in [0.2, 0.25) is 5.91 Å². The fourth-order valence-corrected chi connectivity index (χ4v) is 4.41. The summed E-state index contributed by atoms with van der Waals surface area (Å²) in [6.07, 6.45) is 7.63. The molecule has 1 atom stereocenters. The molecule has 4 rings (SSSR count). The lowest BCUT2D eigenvalue weighted by molar-refractivity contribution is -0.127. The second-order valence-corrected chi connectivity index (χ2v) is 8.63. The number of carbonyl (C=O) groups excluding carboxylic acids is 2. The first kappa shape index (κ1) is 20.7. The SMILES string of the molecule is O=C(Nc1ccc2c(c1)C[C@H](C(=O)NC1CCCCCC1)CO2)c1cccc(Cl)c1. The van der Waals surface area contributed by atoms with Crippen molar-refractivity contribution in [3.63, 3.8) is 0 Å². The number of benzene rings is 2. The summed E-state index contributed by atoms with van der Waals surface area (Å²) in [6.45, 7) is 0.389. The molecular weight excluding hydrogens is 400 g/mol. The Hall–Kier alpha value is -2.53. The minimum Gasteiger partial charge on any atom is -0.492 e. The van der Waals surface area contributed by atoms with Gasteiger partial charge in [-0.25, -0.2) is 0 Å². The van der Waals surface area contributed by atoms with E-state index in [0.717, 1.165) is 24.2 Å². The van der Waals surface area contributed by atoms with Crippen molar-refractivity contribution in [1.82, 2.24) is 5.32 Å². The van der Waals surface area contributed by atoms with Crippen LogP contribution in [0.1, 0.15) is 54.4 Å². The highest BCUT2D eigenvalue weighted by Gasteiger charge is 2.28. The molecule has 0 aromatic heterocycles. The highest BCUT2D eigenvalue weighted by molar-refractivity contribution is 6.31. The minimum atomic E-state index is -0.225. The second-order valence-electron chi connectivity index (χ2n) is 8.20. The van der Waals surface area contributed by atoms with Crippen LogP contribution in [0.5, 0.6) is 5.75 Å². The summed E-state index contributed by atoms with van der Waals surface area (Å²) in [4.78, 5) is 25.3. The summed E-state index contributed by atoms with van der Waals surface area (Å²) >= 11 is 5.98. The first-order valence-electron chi connectivity index (χ1n) is 10.7. The average Bonchev–Trinajstić information content (AvgIpc) is 3.02. The lowest BCUT2D eigenvalue weighted by Gasteiger charge is -2.27. The van der Waals surface area contributed by atoms with Crippen molar-refractivity contribution in [2.45, 2.75) is 51.0 Å². The topological polar surface area (TPSA) is 67.4 Å². The first-order chi connectivity index (χ1) is 14.6. The summed E-state index contributed by atoms with van der Waals surface area (Å²) in [7, 11) is 0. The van der Waals surface area contributed by atoms with Crippen LogP contribution < -0.4 is 15.4 Å². The maximum absolute atomic E-state index is 12.8. The molecule has 0 spiro atoms. The van der Waals surface area contributed by atoms with Crippen LogP contribution in [-0.2, 0) is 11.2 Å². The number of fused-ring (bicyclic) bond motifs is 1. The molecular formula is C24H27ClN2O3. The van der Waals surface area contributed by atoms with Crippen LogP contribution in [0.25, 0.3) is 0 Å². The van der Waals surface area contributed by atoms with Gasteiger partial charge in [0, 0.05) is 22.3 Å². The molecule has 2 N–H and O–H groups in total. The predicted octanol–water partition coefficient (Wildman–Crippen LogP) is 4.98. The van der Waals surface area contributed by atoms with Crippen LogP contribution in [0.3, 0.4) is 0 Å². The number of hydrogen-bond acceptors (Lipinski definition) is 3.